The Kier molecular flexibility index (Phi) is 2.17. The molecule has 0 aromatic heterocycles. The van der Waals surface area contributed by atoms with Crippen molar-refractivity contribution in [2.75, 3.05) is 0 Å². The molecule has 2 rings (SSSR count). The van der Waals surface area contributed by atoms with Crippen LogP contribution in [0, 0.1) is 0 Å². The van der Waals surface area contributed by atoms with Crippen molar-refractivity contribution >= 4 is 0 Å². The van der Waals surface area contributed by atoms with Gasteiger partial charge in [0.2, 0.25) is 0 Å². The van der Waals surface area contributed by atoms with Gasteiger partial charge in [-0.05, 0) is 36.5 Å². The smallest absolute Gasteiger partial charge is 0.387 e. The standard InChI is InChI=1S/C10H10F2O/c11-10(12)13-9-6-2-4-7-3-1-5-8(7)9/h2,4,6,10H,1,3,5H2. The Morgan fingerprint density at radius 1 is 1.23 bits per heavy atom. The van der Waals surface area contributed by atoms with Crippen LogP contribution in [0.3, 0.4) is 0 Å². The van der Waals surface area contributed by atoms with E-state index in [-0.39, 0.29) is 0 Å². The maximum absolute atomic E-state index is 12.0. The van der Waals surface area contributed by atoms with Crippen molar-refractivity contribution in [3.63, 3.8) is 0 Å². The van der Waals surface area contributed by atoms with Gasteiger partial charge >= 0.3 is 6.61 Å². The predicted molar refractivity (Wildman–Crippen MR) is 45.1 cm³/mol. The van der Waals surface area contributed by atoms with Crippen molar-refractivity contribution in [1.82, 2.24) is 0 Å². The van der Waals surface area contributed by atoms with E-state index in [2.05, 4.69) is 4.74 Å². The zero-order chi connectivity index (χ0) is 9.26. The second-order valence-corrected chi connectivity index (χ2v) is 3.13. The largest absolute Gasteiger partial charge is 0.435 e. The summed E-state index contributed by atoms with van der Waals surface area (Å²) in [6.07, 6.45) is 2.88. The third-order valence-electron chi connectivity index (χ3n) is 2.32. The van der Waals surface area contributed by atoms with Crippen LogP contribution >= 0.6 is 0 Å². The lowest BCUT2D eigenvalue weighted by Crippen LogP contribution is -2.04. The van der Waals surface area contributed by atoms with Gasteiger partial charge in [0.25, 0.3) is 0 Å². The average Bonchev–Trinajstić information content (AvgIpc) is 2.51. The van der Waals surface area contributed by atoms with E-state index in [1.807, 2.05) is 6.07 Å². The van der Waals surface area contributed by atoms with E-state index in [0.29, 0.717) is 5.75 Å². The van der Waals surface area contributed by atoms with Crippen LogP contribution in [-0.4, -0.2) is 6.61 Å². The van der Waals surface area contributed by atoms with Crippen molar-refractivity contribution in [3.05, 3.63) is 29.3 Å². The maximum Gasteiger partial charge on any atom is 0.387 e. The number of rotatable bonds is 2. The zero-order valence-corrected chi connectivity index (χ0v) is 7.09. The van der Waals surface area contributed by atoms with E-state index < -0.39 is 6.61 Å². The monoisotopic (exact) mass is 184 g/mol. The molecule has 1 aromatic rings. The quantitative estimate of drug-likeness (QED) is 0.686. The molecule has 1 aliphatic rings. The van der Waals surface area contributed by atoms with E-state index in [0.717, 1.165) is 30.4 Å². The van der Waals surface area contributed by atoms with Gasteiger partial charge < -0.3 is 4.74 Å². The van der Waals surface area contributed by atoms with Gasteiger partial charge in [-0.3, -0.25) is 0 Å². The Morgan fingerprint density at radius 3 is 2.85 bits per heavy atom. The van der Waals surface area contributed by atoms with Crippen LogP contribution in [0.25, 0.3) is 0 Å². The van der Waals surface area contributed by atoms with Crippen LogP contribution < -0.4 is 4.74 Å². The van der Waals surface area contributed by atoms with Gasteiger partial charge in [-0.1, -0.05) is 12.1 Å². The minimum atomic E-state index is -2.72. The molecule has 0 radical (unpaired) electrons. The molecule has 0 bridgehead atoms. The molecule has 3 heteroatoms. The molecular formula is C10H10F2O. The molecule has 70 valence electrons. The number of benzene rings is 1. The predicted octanol–water partition coefficient (Wildman–Crippen LogP) is 2.78. The van der Waals surface area contributed by atoms with Crippen molar-refractivity contribution in [3.8, 4) is 5.75 Å². The van der Waals surface area contributed by atoms with Gasteiger partial charge in [-0.25, -0.2) is 0 Å². The highest BCUT2D eigenvalue weighted by Crippen LogP contribution is 2.31. The van der Waals surface area contributed by atoms with E-state index in [4.69, 9.17) is 0 Å². The molecule has 0 amide bonds. The molecule has 0 fully saturated rings. The van der Waals surface area contributed by atoms with E-state index in [1.54, 1.807) is 12.1 Å². The first-order valence-electron chi connectivity index (χ1n) is 4.33. The lowest BCUT2D eigenvalue weighted by molar-refractivity contribution is -0.0503. The van der Waals surface area contributed by atoms with Crippen molar-refractivity contribution in [1.29, 1.82) is 0 Å². The average molecular weight is 184 g/mol. The van der Waals surface area contributed by atoms with Crippen molar-refractivity contribution in [2.45, 2.75) is 25.9 Å². The number of hydrogen-bond donors (Lipinski definition) is 0. The number of ether oxygens (including phenoxy) is 1. The minimum absolute atomic E-state index is 0.352. The fraction of sp³-hybridized carbons (Fsp3) is 0.400. The van der Waals surface area contributed by atoms with Crippen LogP contribution in [0.1, 0.15) is 17.5 Å². The van der Waals surface area contributed by atoms with E-state index in [1.165, 1.54) is 0 Å². The molecule has 0 N–H and O–H groups in total. The number of fused-ring (bicyclic) bond motifs is 1. The topological polar surface area (TPSA) is 9.23 Å². The molecular weight excluding hydrogens is 174 g/mol. The summed E-state index contributed by atoms with van der Waals surface area (Å²) in [4.78, 5) is 0. The molecule has 0 saturated carbocycles. The van der Waals surface area contributed by atoms with Crippen LogP contribution in [0.15, 0.2) is 18.2 Å². The lowest BCUT2D eigenvalue weighted by atomic mass is 10.1. The highest BCUT2D eigenvalue weighted by molar-refractivity contribution is 5.42. The number of alkyl halides is 2. The molecule has 0 saturated heterocycles. The van der Waals surface area contributed by atoms with E-state index in [9.17, 15) is 8.78 Å². The Balaban J connectivity index is 2.30. The Labute approximate surface area is 75.3 Å². The normalized spacial score (nSPS) is 14.7. The second kappa shape index (κ2) is 3.32. The summed E-state index contributed by atoms with van der Waals surface area (Å²) in [7, 11) is 0. The fourth-order valence-electron chi connectivity index (χ4n) is 1.79. The first kappa shape index (κ1) is 8.48. The van der Waals surface area contributed by atoms with Gasteiger partial charge in [-0.2, -0.15) is 8.78 Å². The van der Waals surface area contributed by atoms with Crippen LogP contribution in [-0.2, 0) is 12.8 Å². The molecule has 0 aliphatic heterocycles. The summed E-state index contributed by atoms with van der Waals surface area (Å²) in [6, 6.07) is 5.35. The van der Waals surface area contributed by atoms with Gasteiger partial charge in [0.05, 0.1) is 0 Å². The highest BCUT2D eigenvalue weighted by Gasteiger charge is 2.17. The van der Waals surface area contributed by atoms with Crippen LogP contribution in [0.2, 0.25) is 0 Å². The Morgan fingerprint density at radius 2 is 2.08 bits per heavy atom. The summed E-state index contributed by atoms with van der Waals surface area (Å²) in [5.74, 6) is 0.352. The molecule has 13 heavy (non-hydrogen) atoms. The summed E-state index contributed by atoms with van der Waals surface area (Å²) in [6.45, 7) is -2.72. The SMILES string of the molecule is FC(F)Oc1cccc2c1CCC2. The van der Waals surface area contributed by atoms with Crippen LogP contribution in [0.5, 0.6) is 5.75 Å². The van der Waals surface area contributed by atoms with E-state index >= 15 is 0 Å². The first-order chi connectivity index (χ1) is 6.27. The molecule has 0 unspecified atom stereocenters. The molecule has 1 aromatic carbocycles. The number of hydrogen-bond acceptors (Lipinski definition) is 1. The van der Waals surface area contributed by atoms with Crippen molar-refractivity contribution < 1.29 is 13.5 Å². The maximum atomic E-state index is 12.0. The lowest BCUT2D eigenvalue weighted by Gasteiger charge is -2.08. The summed E-state index contributed by atoms with van der Waals surface area (Å²) < 4.78 is 28.4. The molecule has 0 spiro atoms. The molecule has 1 nitrogen and oxygen atoms in total. The first-order valence-corrected chi connectivity index (χ1v) is 4.33. The van der Waals surface area contributed by atoms with Gasteiger partial charge in [-0.15, -0.1) is 0 Å². The molecule has 0 heterocycles. The fourth-order valence-corrected chi connectivity index (χ4v) is 1.79. The van der Waals surface area contributed by atoms with Crippen molar-refractivity contribution in [2.24, 2.45) is 0 Å². The van der Waals surface area contributed by atoms with Gasteiger partial charge in [0.15, 0.2) is 0 Å². The molecule has 1 aliphatic carbocycles. The second-order valence-electron chi connectivity index (χ2n) is 3.13. The Hall–Kier alpha value is -1.12. The summed E-state index contributed by atoms with van der Waals surface area (Å²) in [5.41, 5.74) is 2.11. The third kappa shape index (κ3) is 1.64. The summed E-state index contributed by atoms with van der Waals surface area (Å²) >= 11 is 0. The minimum Gasteiger partial charge on any atom is -0.435 e. The summed E-state index contributed by atoms with van der Waals surface area (Å²) in [5, 5.41) is 0. The number of aryl methyl sites for hydroxylation is 1. The third-order valence-corrected chi connectivity index (χ3v) is 2.32. The van der Waals surface area contributed by atoms with Gasteiger partial charge in [0.1, 0.15) is 5.75 Å². The molecule has 0 atom stereocenters. The van der Waals surface area contributed by atoms with Gasteiger partial charge in [0, 0.05) is 0 Å². The highest BCUT2D eigenvalue weighted by atomic mass is 19.3. The number of halogens is 2. The zero-order valence-electron chi connectivity index (χ0n) is 7.09. The Bertz CT molecular complexity index is 310. The van der Waals surface area contributed by atoms with Crippen LogP contribution in [0.4, 0.5) is 8.78 Å².